The minimum absolute atomic E-state index is 0.0565. The second kappa shape index (κ2) is 3.73. The Morgan fingerprint density at radius 3 is 2.50 bits per heavy atom. The molecule has 6 heteroatoms. The van der Waals surface area contributed by atoms with E-state index in [9.17, 15) is 18.0 Å². The number of aldehydes is 1. The Morgan fingerprint density at radius 1 is 1.44 bits per heavy atom. The van der Waals surface area contributed by atoms with Crippen molar-refractivity contribution in [2.24, 2.45) is 0 Å². The lowest BCUT2D eigenvalue weighted by Gasteiger charge is -2.14. The van der Waals surface area contributed by atoms with Crippen LogP contribution in [0.25, 0.3) is 0 Å². The fourth-order valence-electron chi connectivity index (χ4n) is 1.60. The third-order valence-corrected chi connectivity index (χ3v) is 2.77. The number of carbonyl (C=O) groups excluding carboxylic acids is 1. The molecule has 1 heterocycles. The predicted octanol–water partition coefficient (Wildman–Crippen LogP) is 3.44. The minimum atomic E-state index is -4.59. The molecule has 0 spiro atoms. The lowest BCUT2D eigenvalue weighted by atomic mass is 10.0. The van der Waals surface area contributed by atoms with E-state index in [0.29, 0.717) is 12.8 Å². The van der Waals surface area contributed by atoms with Crippen LogP contribution in [-0.4, -0.2) is 11.3 Å². The van der Waals surface area contributed by atoms with Gasteiger partial charge in [-0.25, -0.2) is 0 Å². The molecule has 2 nitrogen and oxygen atoms in total. The van der Waals surface area contributed by atoms with Crippen molar-refractivity contribution < 1.29 is 18.0 Å². The largest absolute Gasteiger partial charge is 0.418 e. The molecule has 1 saturated carbocycles. The van der Waals surface area contributed by atoms with Crippen LogP contribution in [0.5, 0.6) is 0 Å². The quantitative estimate of drug-likeness (QED) is 0.752. The summed E-state index contributed by atoms with van der Waals surface area (Å²) in [6.45, 7) is 0. The van der Waals surface area contributed by atoms with Crippen LogP contribution in [0.1, 0.15) is 40.4 Å². The summed E-state index contributed by atoms with van der Waals surface area (Å²) in [7, 11) is 0. The summed E-state index contributed by atoms with van der Waals surface area (Å²) >= 11 is 5.54. The summed E-state index contributed by atoms with van der Waals surface area (Å²) < 4.78 is 38.4. The highest BCUT2D eigenvalue weighted by molar-refractivity contribution is 6.33. The van der Waals surface area contributed by atoms with Crippen LogP contribution >= 0.6 is 11.6 Å². The van der Waals surface area contributed by atoms with Crippen molar-refractivity contribution in [3.8, 4) is 0 Å². The van der Waals surface area contributed by atoms with E-state index in [1.165, 1.54) is 0 Å². The molecule has 0 saturated heterocycles. The van der Waals surface area contributed by atoms with E-state index in [-0.39, 0.29) is 22.9 Å². The molecule has 0 unspecified atom stereocenters. The molecule has 0 aromatic carbocycles. The van der Waals surface area contributed by atoms with Gasteiger partial charge in [-0.15, -0.1) is 0 Å². The Bertz CT molecular complexity index is 440. The molecular weight excluding hydrogens is 243 g/mol. The first-order valence-electron chi connectivity index (χ1n) is 4.66. The van der Waals surface area contributed by atoms with Gasteiger partial charge < -0.3 is 0 Å². The monoisotopic (exact) mass is 249 g/mol. The number of aromatic nitrogens is 1. The van der Waals surface area contributed by atoms with Crippen molar-refractivity contribution in [2.75, 3.05) is 0 Å². The molecule has 1 aliphatic carbocycles. The number of hydrogen-bond acceptors (Lipinski definition) is 2. The molecule has 0 aliphatic heterocycles. The molecule has 0 atom stereocenters. The van der Waals surface area contributed by atoms with Gasteiger partial charge in [0.25, 0.3) is 0 Å². The number of nitrogens with zero attached hydrogens (tertiary/aromatic N) is 1. The van der Waals surface area contributed by atoms with Gasteiger partial charge in [0.05, 0.1) is 16.3 Å². The molecular formula is C10H7ClF3NO. The van der Waals surface area contributed by atoms with Gasteiger partial charge in [-0.05, 0) is 12.8 Å². The molecule has 16 heavy (non-hydrogen) atoms. The zero-order valence-corrected chi connectivity index (χ0v) is 8.77. The third-order valence-electron chi connectivity index (χ3n) is 2.47. The Morgan fingerprint density at radius 2 is 2.06 bits per heavy atom. The normalized spacial score (nSPS) is 16.2. The van der Waals surface area contributed by atoms with Crippen molar-refractivity contribution in [3.63, 3.8) is 0 Å². The molecule has 0 bridgehead atoms. The maximum absolute atomic E-state index is 12.8. The van der Waals surface area contributed by atoms with Gasteiger partial charge in [0, 0.05) is 17.7 Å². The van der Waals surface area contributed by atoms with E-state index in [1.54, 1.807) is 0 Å². The zero-order chi connectivity index (χ0) is 11.9. The molecule has 0 radical (unpaired) electrons. The first kappa shape index (κ1) is 11.4. The van der Waals surface area contributed by atoms with Gasteiger partial charge in [0.1, 0.15) is 0 Å². The first-order chi connectivity index (χ1) is 7.45. The number of pyridine rings is 1. The predicted molar refractivity (Wildman–Crippen MR) is 51.6 cm³/mol. The molecule has 0 N–H and O–H groups in total. The lowest BCUT2D eigenvalue weighted by Crippen LogP contribution is -2.14. The molecule has 1 fully saturated rings. The van der Waals surface area contributed by atoms with Crippen LogP contribution in [0.3, 0.4) is 0 Å². The minimum Gasteiger partial charge on any atom is -0.298 e. The van der Waals surface area contributed by atoms with E-state index in [2.05, 4.69) is 4.98 Å². The summed E-state index contributed by atoms with van der Waals surface area (Å²) in [4.78, 5) is 14.4. The standard InChI is InChI=1S/C10H7ClF3NO/c11-7-3-15-9(5-1-2-5)8(6(7)4-16)10(12,13)14/h3-5H,1-2H2. The van der Waals surface area contributed by atoms with Crippen LogP contribution in [0, 0.1) is 0 Å². The van der Waals surface area contributed by atoms with E-state index in [0.717, 1.165) is 6.20 Å². The fraction of sp³-hybridized carbons (Fsp3) is 0.400. The highest BCUT2D eigenvalue weighted by Crippen LogP contribution is 2.46. The Kier molecular flexibility index (Phi) is 2.66. The van der Waals surface area contributed by atoms with Crippen LogP contribution in [0.2, 0.25) is 5.02 Å². The molecule has 1 aliphatic rings. The highest BCUT2D eigenvalue weighted by atomic mass is 35.5. The van der Waals surface area contributed by atoms with Gasteiger partial charge in [-0.1, -0.05) is 11.6 Å². The number of carbonyl (C=O) groups is 1. The van der Waals surface area contributed by atoms with E-state index in [4.69, 9.17) is 11.6 Å². The summed E-state index contributed by atoms with van der Waals surface area (Å²) in [6, 6.07) is 0. The van der Waals surface area contributed by atoms with Crippen molar-refractivity contribution >= 4 is 17.9 Å². The van der Waals surface area contributed by atoms with Crippen molar-refractivity contribution in [2.45, 2.75) is 24.9 Å². The highest BCUT2D eigenvalue weighted by Gasteiger charge is 2.42. The van der Waals surface area contributed by atoms with Gasteiger partial charge in [0.15, 0.2) is 6.29 Å². The van der Waals surface area contributed by atoms with Gasteiger partial charge in [0.2, 0.25) is 0 Å². The average molecular weight is 250 g/mol. The Hall–Kier alpha value is -1.10. The molecule has 1 aromatic heterocycles. The van der Waals surface area contributed by atoms with Gasteiger partial charge >= 0.3 is 6.18 Å². The average Bonchev–Trinajstić information content (AvgIpc) is 2.99. The topological polar surface area (TPSA) is 30.0 Å². The summed E-state index contributed by atoms with van der Waals surface area (Å²) in [6.07, 6.45) is -2.00. The van der Waals surface area contributed by atoms with Crippen LogP contribution in [-0.2, 0) is 6.18 Å². The second-order valence-electron chi connectivity index (χ2n) is 3.67. The molecule has 2 rings (SSSR count). The van der Waals surface area contributed by atoms with Crippen LogP contribution < -0.4 is 0 Å². The smallest absolute Gasteiger partial charge is 0.298 e. The first-order valence-corrected chi connectivity index (χ1v) is 5.03. The second-order valence-corrected chi connectivity index (χ2v) is 4.08. The van der Waals surface area contributed by atoms with E-state index in [1.807, 2.05) is 0 Å². The van der Waals surface area contributed by atoms with E-state index < -0.39 is 17.3 Å². The number of alkyl halides is 3. The maximum Gasteiger partial charge on any atom is 0.418 e. The van der Waals surface area contributed by atoms with Crippen LogP contribution in [0.15, 0.2) is 6.20 Å². The van der Waals surface area contributed by atoms with E-state index >= 15 is 0 Å². The number of rotatable bonds is 2. The number of halogens is 4. The SMILES string of the molecule is O=Cc1c(Cl)cnc(C2CC2)c1C(F)(F)F. The molecule has 0 amide bonds. The van der Waals surface area contributed by atoms with Crippen molar-refractivity contribution in [3.05, 3.63) is 28.0 Å². The fourth-order valence-corrected chi connectivity index (χ4v) is 1.78. The van der Waals surface area contributed by atoms with Gasteiger partial charge in [-0.3, -0.25) is 9.78 Å². The summed E-state index contributed by atoms with van der Waals surface area (Å²) in [5, 5.41) is -0.258. The zero-order valence-electron chi connectivity index (χ0n) is 8.01. The van der Waals surface area contributed by atoms with Crippen molar-refractivity contribution in [1.29, 1.82) is 0 Å². The van der Waals surface area contributed by atoms with Crippen molar-refractivity contribution in [1.82, 2.24) is 4.98 Å². The third kappa shape index (κ3) is 1.91. The van der Waals surface area contributed by atoms with Crippen LogP contribution in [0.4, 0.5) is 13.2 Å². The summed E-state index contributed by atoms with van der Waals surface area (Å²) in [5.74, 6) is -0.187. The number of hydrogen-bond donors (Lipinski definition) is 0. The Balaban J connectivity index is 2.67. The Labute approximate surface area is 94.4 Å². The molecule has 1 aromatic rings. The maximum atomic E-state index is 12.8. The lowest BCUT2D eigenvalue weighted by molar-refractivity contribution is -0.138. The van der Waals surface area contributed by atoms with Gasteiger partial charge in [-0.2, -0.15) is 13.2 Å². The molecule has 86 valence electrons. The summed E-state index contributed by atoms with van der Waals surface area (Å²) in [5.41, 5.74) is -1.54.